The Morgan fingerprint density at radius 1 is 0.618 bits per heavy atom. The van der Waals surface area contributed by atoms with Gasteiger partial charge >= 0.3 is 7.75 Å². The number of hydrogen-bond acceptors (Lipinski definition) is 3. The average Bonchev–Trinajstić information content (AvgIpc) is 2.89. The first-order valence-electron chi connectivity index (χ1n) is 11.5. The summed E-state index contributed by atoms with van der Waals surface area (Å²) in [5.41, 5.74) is 0. The van der Waals surface area contributed by atoms with Crippen LogP contribution in [0.5, 0.6) is 11.5 Å². The highest BCUT2D eigenvalue weighted by atomic mass is 31.2. The first-order chi connectivity index (χ1) is 16.6. The lowest BCUT2D eigenvalue weighted by atomic mass is 10.3. The molecule has 6 heteroatoms. The van der Waals surface area contributed by atoms with E-state index in [-0.39, 0.29) is 0 Å². The van der Waals surface area contributed by atoms with Crippen LogP contribution in [-0.4, -0.2) is 6.16 Å². The fourth-order valence-corrected chi connectivity index (χ4v) is 10.5. The Labute approximate surface area is 202 Å². The molecule has 0 amide bonds. The Kier molecular flexibility index (Phi) is 8.06. The van der Waals surface area contributed by atoms with E-state index in [2.05, 4.69) is 31.2 Å². The lowest BCUT2D eigenvalue weighted by Crippen LogP contribution is -2.19. The van der Waals surface area contributed by atoms with Crippen molar-refractivity contribution in [1.82, 2.24) is 0 Å². The Balaban J connectivity index is 1.96. The maximum atomic E-state index is 14.5. The van der Waals surface area contributed by atoms with E-state index in [1.807, 2.05) is 72.8 Å². The van der Waals surface area contributed by atoms with Crippen LogP contribution in [0.1, 0.15) is 19.8 Å². The standard InChI is InChI=1S/C28H29NO3P2/c1-2-3-24-33(27-20-12-6-13-21-27,28-22-14-7-15-23-28)29-34(30,31-25-16-8-4-9-17-25)32-26-18-10-5-11-19-26/h4-23H,2-3,24H2,1H3. The molecule has 0 heterocycles. The van der Waals surface area contributed by atoms with Crippen molar-refractivity contribution in [3.63, 3.8) is 0 Å². The third-order valence-corrected chi connectivity index (χ3v) is 11.6. The van der Waals surface area contributed by atoms with Gasteiger partial charge in [0.05, 0.1) is 0 Å². The summed E-state index contributed by atoms with van der Waals surface area (Å²) in [6.07, 6.45) is 2.72. The second kappa shape index (κ2) is 11.4. The molecule has 0 aliphatic rings. The lowest BCUT2D eigenvalue weighted by molar-refractivity contribution is 0.388. The number of hydrogen-bond donors (Lipinski definition) is 0. The molecule has 0 unspecified atom stereocenters. The van der Waals surface area contributed by atoms with Crippen LogP contribution in [0.4, 0.5) is 0 Å². The Hall–Kier alpha value is -3.06. The quantitative estimate of drug-likeness (QED) is 0.213. The van der Waals surface area contributed by atoms with Crippen molar-refractivity contribution in [2.75, 3.05) is 6.16 Å². The molecule has 0 aliphatic carbocycles. The maximum Gasteiger partial charge on any atom is 0.562 e. The Morgan fingerprint density at radius 2 is 1.00 bits per heavy atom. The molecule has 0 N–H and O–H groups in total. The smallest absolute Gasteiger partial charge is 0.399 e. The van der Waals surface area contributed by atoms with E-state index in [4.69, 9.17) is 13.6 Å². The molecule has 0 spiro atoms. The molecule has 0 aliphatic heterocycles. The summed E-state index contributed by atoms with van der Waals surface area (Å²) in [5, 5.41) is 2.12. The van der Waals surface area contributed by atoms with Gasteiger partial charge in [-0.1, -0.05) is 110 Å². The van der Waals surface area contributed by atoms with Crippen LogP contribution < -0.4 is 19.7 Å². The van der Waals surface area contributed by atoms with Crippen LogP contribution in [0.15, 0.2) is 126 Å². The van der Waals surface area contributed by atoms with Crippen molar-refractivity contribution in [3.8, 4) is 11.5 Å². The monoisotopic (exact) mass is 489 g/mol. The third kappa shape index (κ3) is 5.89. The zero-order valence-corrected chi connectivity index (χ0v) is 21.0. The second-order valence-electron chi connectivity index (χ2n) is 7.88. The SMILES string of the molecule is CCCCP(=NP(=O)(Oc1ccccc1)Oc1ccccc1)(c1ccccc1)c1ccccc1. The molecule has 4 nitrogen and oxygen atoms in total. The summed E-state index contributed by atoms with van der Waals surface area (Å²) in [6.45, 7) is 2.16. The van der Waals surface area contributed by atoms with Crippen LogP contribution in [0.25, 0.3) is 0 Å². The molecule has 174 valence electrons. The molecule has 0 radical (unpaired) electrons. The molecular weight excluding hydrogens is 460 g/mol. The van der Waals surface area contributed by atoms with E-state index in [9.17, 15) is 4.57 Å². The van der Waals surface area contributed by atoms with Gasteiger partial charge in [-0.15, -0.1) is 0 Å². The third-order valence-electron chi connectivity index (χ3n) is 5.39. The molecule has 4 aromatic carbocycles. The van der Waals surface area contributed by atoms with Gasteiger partial charge in [0.15, 0.2) is 0 Å². The van der Waals surface area contributed by atoms with Crippen LogP contribution in [0.3, 0.4) is 0 Å². The summed E-state index contributed by atoms with van der Waals surface area (Å²) in [6, 6.07) is 38.6. The maximum absolute atomic E-state index is 14.5. The average molecular weight is 489 g/mol. The summed E-state index contributed by atoms with van der Waals surface area (Å²) in [7, 11) is -6.48. The zero-order valence-electron chi connectivity index (χ0n) is 19.2. The minimum Gasteiger partial charge on any atom is -0.399 e. The summed E-state index contributed by atoms with van der Waals surface area (Å²) >= 11 is 0. The van der Waals surface area contributed by atoms with E-state index in [0.717, 1.165) is 29.6 Å². The normalized spacial score (nSPS) is 11.6. The molecule has 4 rings (SSSR count). The number of para-hydroxylation sites is 2. The molecule has 0 aromatic heterocycles. The van der Waals surface area contributed by atoms with Crippen molar-refractivity contribution >= 4 is 25.4 Å². The molecule has 4 aromatic rings. The van der Waals surface area contributed by atoms with Gasteiger partial charge in [-0.2, -0.15) is 4.52 Å². The van der Waals surface area contributed by atoms with E-state index in [1.54, 1.807) is 24.3 Å². The van der Waals surface area contributed by atoms with E-state index in [0.29, 0.717) is 11.5 Å². The van der Waals surface area contributed by atoms with Crippen LogP contribution in [-0.2, 0) is 4.57 Å². The van der Waals surface area contributed by atoms with Crippen molar-refractivity contribution in [2.24, 2.45) is 4.52 Å². The fourth-order valence-electron chi connectivity index (χ4n) is 3.76. The Morgan fingerprint density at radius 3 is 1.38 bits per heavy atom. The van der Waals surface area contributed by atoms with Crippen LogP contribution in [0, 0.1) is 0 Å². The first-order valence-corrected chi connectivity index (χ1v) is 14.9. The lowest BCUT2D eigenvalue weighted by Gasteiger charge is -2.28. The molecule has 34 heavy (non-hydrogen) atoms. The summed E-state index contributed by atoms with van der Waals surface area (Å²) in [4.78, 5) is 0. The highest BCUT2D eigenvalue weighted by Crippen LogP contribution is 2.62. The largest absolute Gasteiger partial charge is 0.562 e. The van der Waals surface area contributed by atoms with Gasteiger partial charge in [-0.25, -0.2) is 4.57 Å². The van der Waals surface area contributed by atoms with Gasteiger partial charge in [-0.3, -0.25) is 0 Å². The van der Waals surface area contributed by atoms with Gasteiger partial charge in [0.1, 0.15) is 11.5 Å². The topological polar surface area (TPSA) is 47.9 Å². The highest BCUT2D eigenvalue weighted by Gasteiger charge is 2.35. The van der Waals surface area contributed by atoms with Crippen LogP contribution >= 0.6 is 14.8 Å². The number of benzene rings is 4. The fraction of sp³-hybridized carbons (Fsp3) is 0.143. The van der Waals surface area contributed by atoms with E-state index in [1.165, 1.54) is 0 Å². The minimum atomic E-state index is -3.98. The molecule has 0 bridgehead atoms. The van der Waals surface area contributed by atoms with Crippen molar-refractivity contribution < 1.29 is 13.6 Å². The number of unbranched alkanes of at least 4 members (excludes halogenated alkanes) is 1. The first kappa shape index (κ1) is 24.1. The van der Waals surface area contributed by atoms with Gasteiger partial charge in [0.2, 0.25) is 0 Å². The van der Waals surface area contributed by atoms with E-state index >= 15 is 0 Å². The number of rotatable bonds is 10. The molecule has 0 atom stereocenters. The molecule has 0 saturated carbocycles. The summed E-state index contributed by atoms with van der Waals surface area (Å²) in [5.74, 6) is 0.917. The van der Waals surface area contributed by atoms with Crippen molar-refractivity contribution in [1.29, 1.82) is 0 Å². The highest BCUT2D eigenvalue weighted by molar-refractivity contribution is 7.84. The zero-order chi connectivity index (χ0) is 23.7. The van der Waals surface area contributed by atoms with Crippen molar-refractivity contribution in [2.45, 2.75) is 19.8 Å². The Bertz CT molecular complexity index is 1180. The molecule has 0 saturated heterocycles. The second-order valence-corrected chi connectivity index (χ2v) is 12.9. The van der Waals surface area contributed by atoms with Crippen molar-refractivity contribution in [3.05, 3.63) is 121 Å². The van der Waals surface area contributed by atoms with E-state index < -0.39 is 14.8 Å². The predicted molar refractivity (Wildman–Crippen MR) is 143 cm³/mol. The predicted octanol–water partition coefficient (Wildman–Crippen LogP) is 7.90. The van der Waals surface area contributed by atoms with Gasteiger partial charge in [0, 0.05) is 7.05 Å². The van der Waals surface area contributed by atoms with Crippen LogP contribution in [0.2, 0.25) is 0 Å². The van der Waals surface area contributed by atoms with Gasteiger partial charge in [0.25, 0.3) is 0 Å². The number of nitrogens with zero attached hydrogens (tertiary/aromatic N) is 1. The van der Waals surface area contributed by atoms with Gasteiger partial charge in [-0.05, 0) is 47.5 Å². The molecular formula is C28H29NO3P2. The minimum absolute atomic E-state index is 0.459. The summed E-state index contributed by atoms with van der Waals surface area (Å²) < 4.78 is 31.8. The molecule has 0 fully saturated rings. The van der Waals surface area contributed by atoms with Gasteiger partial charge < -0.3 is 9.05 Å².